The fraction of sp³-hybridized carbons (Fsp3) is 0.176. The van der Waals surface area contributed by atoms with E-state index in [2.05, 4.69) is 14.9 Å². The summed E-state index contributed by atoms with van der Waals surface area (Å²) in [6.45, 7) is 3.56. The van der Waals surface area contributed by atoms with E-state index in [9.17, 15) is 8.42 Å². The average Bonchev–Trinajstić information content (AvgIpc) is 3.02. The van der Waals surface area contributed by atoms with Gasteiger partial charge in [-0.3, -0.25) is 0 Å². The fourth-order valence-electron chi connectivity index (χ4n) is 2.41. The summed E-state index contributed by atoms with van der Waals surface area (Å²) in [6.07, 6.45) is 0. The van der Waals surface area contributed by atoms with Gasteiger partial charge < -0.3 is 4.52 Å². The molecule has 1 N–H and O–H groups in total. The first kappa shape index (κ1) is 17.6. The van der Waals surface area contributed by atoms with Crippen molar-refractivity contribution in [1.29, 1.82) is 0 Å². The van der Waals surface area contributed by atoms with E-state index < -0.39 is 10.0 Å². The zero-order valence-corrected chi connectivity index (χ0v) is 15.2. The van der Waals surface area contributed by atoms with E-state index in [-0.39, 0.29) is 17.3 Å². The van der Waals surface area contributed by atoms with E-state index >= 15 is 0 Å². The molecule has 0 aliphatic heterocycles. The van der Waals surface area contributed by atoms with Gasteiger partial charge in [0, 0.05) is 5.56 Å². The number of hydrogen-bond acceptors (Lipinski definition) is 5. The van der Waals surface area contributed by atoms with E-state index in [1.807, 2.05) is 13.0 Å². The Morgan fingerprint density at radius 3 is 2.64 bits per heavy atom. The molecule has 0 radical (unpaired) electrons. The molecule has 130 valence electrons. The lowest BCUT2D eigenvalue weighted by atomic mass is 10.2. The summed E-state index contributed by atoms with van der Waals surface area (Å²) >= 11 is 6.09. The summed E-state index contributed by atoms with van der Waals surface area (Å²) in [5.74, 6) is 0.467. The smallest absolute Gasteiger partial charge is 0.242 e. The van der Waals surface area contributed by atoms with E-state index in [0.717, 1.165) is 5.56 Å². The molecular formula is C17H16ClN3O3S. The molecule has 0 aliphatic rings. The molecule has 1 aromatic heterocycles. The van der Waals surface area contributed by atoms with Gasteiger partial charge in [-0.1, -0.05) is 46.6 Å². The topological polar surface area (TPSA) is 85.1 Å². The van der Waals surface area contributed by atoms with Crippen LogP contribution >= 0.6 is 11.6 Å². The van der Waals surface area contributed by atoms with Crippen LogP contribution in [0.1, 0.15) is 17.0 Å². The first-order valence-corrected chi connectivity index (χ1v) is 9.37. The van der Waals surface area contributed by atoms with Crippen molar-refractivity contribution < 1.29 is 12.9 Å². The zero-order valence-electron chi connectivity index (χ0n) is 13.7. The van der Waals surface area contributed by atoms with Gasteiger partial charge in [0.15, 0.2) is 0 Å². The van der Waals surface area contributed by atoms with Crippen LogP contribution in [-0.4, -0.2) is 18.6 Å². The number of aromatic nitrogens is 2. The summed E-state index contributed by atoms with van der Waals surface area (Å²) in [5.41, 5.74) is 2.30. The van der Waals surface area contributed by atoms with Crippen molar-refractivity contribution in [1.82, 2.24) is 14.9 Å². The number of nitrogens with zero attached hydrogens (tertiary/aromatic N) is 2. The summed E-state index contributed by atoms with van der Waals surface area (Å²) in [7, 11) is -3.67. The molecule has 0 spiro atoms. The lowest BCUT2D eigenvalue weighted by Crippen LogP contribution is -2.24. The molecule has 0 saturated carbocycles. The minimum atomic E-state index is -3.67. The molecule has 0 aliphatic carbocycles. The second kappa shape index (κ2) is 6.95. The second-order valence-electron chi connectivity index (χ2n) is 5.59. The Balaban J connectivity index is 1.77. The maximum Gasteiger partial charge on any atom is 0.242 e. The molecule has 0 bridgehead atoms. The number of rotatable bonds is 5. The monoisotopic (exact) mass is 377 g/mol. The molecule has 3 aromatic rings. The number of aryl methyl sites for hydroxylation is 2. The number of halogens is 1. The number of nitrogens with one attached hydrogen (secondary N) is 1. The molecule has 25 heavy (non-hydrogen) atoms. The predicted octanol–water partition coefficient (Wildman–Crippen LogP) is 3.49. The highest BCUT2D eigenvalue weighted by Gasteiger charge is 2.18. The maximum atomic E-state index is 12.4. The Hall–Kier alpha value is -2.22. The molecule has 3 rings (SSSR count). The zero-order chi connectivity index (χ0) is 18.0. The standard InChI is InChI=1S/C17H16ClN3O3S/c1-11-7-8-15(12(2)9-11)25(22,23)19-10-16-20-17(21-24-16)13-5-3-4-6-14(13)18/h3-9,19H,10H2,1-2H3. The van der Waals surface area contributed by atoms with Crippen LogP contribution in [0.5, 0.6) is 0 Å². The van der Waals surface area contributed by atoms with Gasteiger partial charge in [-0.05, 0) is 37.6 Å². The minimum absolute atomic E-state index is 0.104. The van der Waals surface area contributed by atoms with Crippen LogP contribution in [-0.2, 0) is 16.6 Å². The number of hydrogen-bond donors (Lipinski definition) is 1. The van der Waals surface area contributed by atoms with Crippen LogP contribution in [0.4, 0.5) is 0 Å². The summed E-state index contributed by atoms with van der Waals surface area (Å²) in [5, 5.41) is 4.34. The van der Waals surface area contributed by atoms with Crippen molar-refractivity contribution in [3.8, 4) is 11.4 Å². The van der Waals surface area contributed by atoms with Gasteiger partial charge in [0.25, 0.3) is 0 Å². The SMILES string of the molecule is Cc1ccc(S(=O)(=O)NCc2nc(-c3ccccc3Cl)no2)c(C)c1. The highest BCUT2D eigenvalue weighted by atomic mass is 35.5. The van der Waals surface area contributed by atoms with E-state index in [0.29, 0.717) is 22.0 Å². The van der Waals surface area contributed by atoms with Gasteiger partial charge in [0.05, 0.1) is 16.5 Å². The van der Waals surface area contributed by atoms with E-state index in [1.165, 1.54) is 0 Å². The van der Waals surface area contributed by atoms with Crippen LogP contribution in [0.3, 0.4) is 0 Å². The van der Waals surface area contributed by atoms with Gasteiger partial charge >= 0.3 is 0 Å². The minimum Gasteiger partial charge on any atom is -0.338 e. The fourth-order valence-corrected chi connectivity index (χ4v) is 3.83. The summed E-state index contributed by atoms with van der Waals surface area (Å²) in [6, 6.07) is 12.2. The third-order valence-electron chi connectivity index (χ3n) is 3.62. The predicted molar refractivity (Wildman–Crippen MR) is 94.7 cm³/mol. The Morgan fingerprint density at radius 2 is 1.92 bits per heavy atom. The van der Waals surface area contributed by atoms with Gasteiger partial charge in [-0.25, -0.2) is 13.1 Å². The van der Waals surface area contributed by atoms with Crippen LogP contribution in [0.2, 0.25) is 5.02 Å². The van der Waals surface area contributed by atoms with Gasteiger partial charge in [0.2, 0.25) is 21.7 Å². The summed E-state index contributed by atoms with van der Waals surface area (Å²) < 4.78 is 32.5. The quantitative estimate of drug-likeness (QED) is 0.735. The Labute approximate surface area is 150 Å². The van der Waals surface area contributed by atoms with Crippen molar-refractivity contribution in [2.75, 3.05) is 0 Å². The second-order valence-corrected chi connectivity index (χ2v) is 7.73. The number of benzene rings is 2. The Kier molecular flexibility index (Phi) is 4.89. The van der Waals surface area contributed by atoms with Gasteiger partial charge in [-0.15, -0.1) is 0 Å². The molecule has 0 amide bonds. The molecule has 0 atom stereocenters. The molecule has 6 nitrogen and oxygen atoms in total. The first-order valence-electron chi connectivity index (χ1n) is 7.51. The van der Waals surface area contributed by atoms with Crippen LogP contribution in [0.15, 0.2) is 51.9 Å². The van der Waals surface area contributed by atoms with E-state index in [4.69, 9.17) is 16.1 Å². The highest BCUT2D eigenvalue weighted by Crippen LogP contribution is 2.25. The Morgan fingerprint density at radius 1 is 1.16 bits per heavy atom. The first-order chi connectivity index (χ1) is 11.9. The van der Waals surface area contributed by atoms with Crippen molar-refractivity contribution in [3.05, 3.63) is 64.5 Å². The molecule has 0 saturated heterocycles. The average molecular weight is 378 g/mol. The van der Waals surface area contributed by atoms with Crippen molar-refractivity contribution in [2.45, 2.75) is 25.3 Å². The van der Waals surface area contributed by atoms with Crippen molar-refractivity contribution >= 4 is 21.6 Å². The third kappa shape index (κ3) is 3.89. The highest BCUT2D eigenvalue weighted by molar-refractivity contribution is 7.89. The largest absolute Gasteiger partial charge is 0.338 e. The normalized spacial score (nSPS) is 11.6. The van der Waals surface area contributed by atoms with Crippen LogP contribution < -0.4 is 4.72 Å². The summed E-state index contributed by atoms with van der Waals surface area (Å²) in [4.78, 5) is 4.41. The number of sulfonamides is 1. The lowest BCUT2D eigenvalue weighted by molar-refractivity contribution is 0.376. The molecular weight excluding hydrogens is 362 g/mol. The Bertz CT molecular complexity index is 1020. The molecule has 0 unspecified atom stereocenters. The molecule has 8 heteroatoms. The van der Waals surface area contributed by atoms with Crippen molar-refractivity contribution in [2.24, 2.45) is 0 Å². The van der Waals surface area contributed by atoms with Crippen LogP contribution in [0.25, 0.3) is 11.4 Å². The third-order valence-corrected chi connectivity index (χ3v) is 5.51. The van der Waals surface area contributed by atoms with Crippen molar-refractivity contribution in [3.63, 3.8) is 0 Å². The molecule has 0 fully saturated rings. The molecule has 2 aromatic carbocycles. The lowest BCUT2D eigenvalue weighted by Gasteiger charge is -2.08. The van der Waals surface area contributed by atoms with Gasteiger partial charge in [-0.2, -0.15) is 4.98 Å². The maximum absolute atomic E-state index is 12.4. The van der Waals surface area contributed by atoms with E-state index in [1.54, 1.807) is 43.3 Å². The van der Waals surface area contributed by atoms with Crippen LogP contribution in [0, 0.1) is 13.8 Å². The van der Waals surface area contributed by atoms with Gasteiger partial charge in [0.1, 0.15) is 0 Å². The molecule has 1 heterocycles.